The van der Waals surface area contributed by atoms with E-state index in [2.05, 4.69) is 19.9 Å². The molecule has 318 valence electrons. The number of allylic oxidation sites excluding steroid dienone is 2. The first-order chi connectivity index (χ1) is 26.1. The van der Waals surface area contributed by atoms with Crippen molar-refractivity contribution >= 4 is 17.9 Å². The fraction of sp³-hybridized carbons (Fsp3) is 0.891. The lowest BCUT2D eigenvalue weighted by molar-refractivity contribution is -0.889. The molecule has 2 atom stereocenters. The maximum atomic E-state index is 12.6. The predicted octanol–water partition coefficient (Wildman–Crippen LogP) is 11.0. The number of carboxylic acid groups (broad SMARTS) is 1. The molecular formula is C46H87NO7. The van der Waals surface area contributed by atoms with Gasteiger partial charge in [0.1, 0.15) is 12.6 Å². The third-order valence-electron chi connectivity index (χ3n) is 10.4. The molecule has 0 aliphatic heterocycles. The number of hydrogen-bond acceptors (Lipinski definition) is 7. The van der Waals surface area contributed by atoms with E-state index in [1.54, 1.807) is 21.1 Å². The Balaban J connectivity index is 4.10. The number of ether oxygens (including phenoxy) is 3. The summed E-state index contributed by atoms with van der Waals surface area (Å²) in [6.45, 7) is 4.60. The van der Waals surface area contributed by atoms with Gasteiger partial charge in [0.25, 0.3) is 0 Å². The van der Waals surface area contributed by atoms with Gasteiger partial charge in [-0.1, -0.05) is 180 Å². The van der Waals surface area contributed by atoms with Gasteiger partial charge in [-0.15, -0.1) is 0 Å². The highest BCUT2D eigenvalue weighted by Crippen LogP contribution is 2.16. The zero-order valence-electron chi connectivity index (χ0n) is 36.2. The van der Waals surface area contributed by atoms with Crippen molar-refractivity contribution in [1.82, 2.24) is 0 Å². The van der Waals surface area contributed by atoms with Crippen LogP contribution < -0.4 is 5.11 Å². The Labute approximate surface area is 333 Å². The Morgan fingerprint density at radius 1 is 0.537 bits per heavy atom. The van der Waals surface area contributed by atoms with E-state index in [1.807, 2.05) is 6.08 Å². The Morgan fingerprint density at radius 2 is 0.963 bits per heavy atom. The molecule has 0 aromatic heterocycles. The van der Waals surface area contributed by atoms with Crippen LogP contribution in [0.25, 0.3) is 0 Å². The van der Waals surface area contributed by atoms with E-state index in [0.717, 1.165) is 32.1 Å². The molecule has 0 aliphatic rings. The average Bonchev–Trinajstić information content (AvgIpc) is 3.12. The number of carboxylic acids is 1. The zero-order chi connectivity index (χ0) is 40.0. The molecule has 8 heteroatoms. The van der Waals surface area contributed by atoms with Crippen LogP contribution in [-0.2, 0) is 28.6 Å². The lowest BCUT2D eigenvalue weighted by Gasteiger charge is -2.34. The highest BCUT2D eigenvalue weighted by atomic mass is 16.6. The molecular weight excluding hydrogens is 679 g/mol. The van der Waals surface area contributed by atoms with E-state index in [-0.39, 0.29) is 49.1 Å². The van der Waals surface area contributed by atoms with Crippen molar-refractivity contribution in [2.24, 2.45) is 0 Å². The van der Waals surface area contributed by atoms with Crippen LogP contribution >= 0.6 is 0 Å². The smallest absolute Gasteiger partial charge is 0.306 e. The Kier molecular flexibility index (Phi) is 36.6. The van der Waals surface area contributed by atoms with E-state index >= 15 is 0 Å². The largest absolute Gasteiger partial charge is 0.544 e. The Bertz CT molecular complexity index is 900. The molecule has 0 N–H and O–H groups in total. The first kappa shape index (κ1) is 52.1. The molecule has 8 nitrogen and oxygen atoms in total. The maximum absolute atomic E-state index is 12.6. The van der Waals surface area contributed by atoms with Crippen LogP contribution in [0.2, 0.25) is 0 Å². The van der Waals surface area contributed by atoms with Crippen LogP contribution in [0.3, 0.4) is 0 Å². The van der Waals surface area contributed by atoms with E-state index < -0.39 is 18.1 Å². The molecule has 0 aromatic rings. The summed E-state index contributed by atoms with van der Waals surface area (Å²) in [4.78, 5) is 36.7. The third kappa shape index (κ3) is 35.8. The topological polar surface area (TPSA) is 102 Å². The SMILES string of the molecule is CCCCCC/C=C/CCC(=O)OC(COCCC(C(=O)[O-])[N+](C)(C)C)COC(=O)CCCCCCCCCCCCCCCCCCCCCCCC. The summed E-state index contributed by atoms with van der Waals surface area (Å²) in [6, 6.07) is -0.726. The number of likely N-dealkylation sites (N-methyl/N-ethyl adjacent to an activating group) is 1. The van der Waals surface area contributed by atoms with Crippen LogP contribution in [0.4, 0.5) is 0 Å². The van der Waals surface area contributed by atoms with Crippen molar-refractivity contribution in [1.29, 1.82) is 0 Å². The average molecular weight is 766 g/mol. The standard InChI is InChI=1S/C46H87NO7/c1-6-8-10-12-14-16-17-18-19-20-21-22-23-24-25-26-27-28-29-31-32-34-36-44(48)53-41-42(40-52-39-38-43(46(50)51)47(3,4)5)54-45(49)37-35-33-30-15-13-11-9-7-2/h30,33,42-43H,6-29,31-32,34-41H2,1-5H3/b33-30+. The Hall–Kier alpha value is -1.93. The highest BCUT2D eigenvalue weighted by molar-refractivity contribution is 5.70. The van der Waals surface area contributed by atoms with Crippen molar-refractivity contribution in [2.45, 2.75) is 225 Å². The predicted molar refractivity (Wildman–Crippen MR) is 222 cm³/mol. The number of unbranched alkanes of at least 4 members (excludes halogenated alkanes) is 25. The van der Waals surface area contributed by atoms with Crippen LogP contribution in [0.15, 0.2) is 12.2 Å². The molecule has 0 spiro atoms. The molecule has 2 unspecified atom stereocenters. The second kappa shape index (κ2) is 38.0. The van der Waals surface area contributed by atoms with Gasteiger partial charge in [-0.05, 0) is 25.7 Å². The molecule has 54 heavy (non-hydrogen) atoms. The van der Waals surface area contributed by atoms with E-state index in [1.165, 1.54) is 141 Å². The maximum Gasteiger partial charge on any atom is 0.306 e. The molecule has 0 heterocycles. The first-order valence-corrected chi connectivity index (χ1v) is 22.7. The summed E-state index contributed by atoms with van der Waals surface area (Å²) in [5, 5.41) is 11.6. The van der Waals surface area contributed by atoms with E-state index in [4.69, 9.17) is 14.2 Å². The summed E-state index contributed by atoms with van der Waals surface area (Å²) in [5.74, 6) is -1.79. The minimum atomic E-state index is -1.13. The van der Waals surface area contributed by atoms with Gasteiger partial charge in [-0.2, -0.15) is 0 Å². The molecule has 0 saturated carbocycles. The van der Waals surface area contributed by atoms with Gasteiger partial charge in [-0.3, -0.25) is 9.59 Å². The quantitative estimate of drug-likeness (QED) is 0.0264. The van der Waals surface area contributed by atoms with Crippen LogP contribution in [0.1, 0.15) is 213 Å². The lowest BCUT2D eigenvalue weighted by atomic mass is 10.0. The van der Waals surface area contributed by atoms with Crippen molar-refractivity contribution in [2.75, 3.05) is 41.0 Å². The van der Waals surface area contributed by atoms with Crippen LogP contribution in [0.5, 0.6) is 0 Å². The fourth-order valence-electron chi connectivity index (χ4n) is 6.85. The van der Waals surface area contributed by atoms with Gasteiger partial charge in [0.05, 0.1) is 40.3 Å². The number of carbonyl (C=O) groups is 3. The Morgan fingerprint density at radius 3 is 1.41 bits per heavy atom. The van der Waals surface area contributed by atoms with E-state index in [0.29, 0.717) is 12.8 Å². The highest BCUT2D eigenvalue weighted by Gasteiger charge is 2.25. The van der Waals surface area contributed by atoms with Crippen LogP contribution in [0, 0.1) is 0 Å². The monoisotopic (exact) mass is 766 g/mol. The van der Waals surface area contributed by atoms with E-state index in [9.17, 15) is 19.5 Å². The summed E-state index contributed by atoms with van der Waals surface area (Å²) in [5.41, 5.74) is 0. The second-order valence-corrected chi connectivity index (χ2v) is 16.6. The number of nitrogens with zero attached hydrogens (tertiary/aromatic N) is 1. The molecule has 0 aliphatic carbocycles. The minimum Gasteiger partial charge on any atom is -0.544 e. The molecule has 0 amide bonds. The number of quaternary nitrogens is 1. The molecule has 0 fully saturated rings. The normalized spacial score (nSPS) is 13.0. The second-order valence-electron chi connectivity index (χ2n) is 16.6. The molecule has 0 aromatic carbocycles. The van der Waals surface area contributed by atoms with Crippen molar-refractivity contribution in [3.8, 4) is 0 Å². The van der Waals surface area contributed by atoms with Crippen molar-refractivity contribution in [3.05, 3.63) is 12.2 Å². The van der Waals surface area contributed by atoms with Crippen molar-refractivity contribution < 1.29 is 38.2 Å². The number of hydrogen-bond donors (Lipinski definition) is 0. The van der Waals surface area contributed by atoms with Crippen LogP contribution in [-0.4, -0.2) is 75.5 Å². The summed E-state index contributed by atoms with van der Waals surface area (Å²) >= 11 is 0. The van der Waals surface area contributed by atoms with Gasteiger partial charge in [-0.25, -0.2) is 0 Å². The molecule has 0 radical (unpaired) electrons. The van der Waals surface area contributed by atoms with Crippen molar-refractivity contribution in [3.63, 3.8) is 0 Å². The molecule has 0 saturated heterocycles. The number of rotatable bonds is 41. The first-order valence-electron chi connectivity index (χ1n) is 22.7. The lowest BCUT2D eigenvalue weighted by Crippen LogP contribution is -2.55. The molecule has 0 rings (SSSR count). The zero-order valence-corrected chi connectivity index (χ0v) is 36.2. The summed E-state index contributed by atoms with van der Waals surface area (Å²) in [6.07, 6.45) is 39.9. The summed E-state index contributed by atoms with van der Waals surface area (Å²) < 4.78 is 17.1. The van der Waals surface area contributed by atoms with Gasteiger partial charge in [0.15, 0.2) is 6.10 Å². The number of carbonyl (C=O) groups excluding carboxylic acids is 3. The number of aliphatic carboxylic acids is 1. The summed E-state index contributed by atoms with van der Waals surface area (Å²) in [7, 11) is 5.39. The minimum absolute atomic E-state index is 0.0304. The van der Waals surface area contributed by atoms with Gasteiger partial charge in [0, 0.05) is 19.3 Å². The van der Waals surface area contributed by atoms with Gasteiger partial charge >= 0.3 is 11.9 Å². The molecule has 0 bridgehead atoms. The number of esters is 2. The third-order valence-corrected chi connectivity index (χ3v) is 10.4. The van der Waals surface area contributed by atoms with Gasteiger partial charge < -0.3 is 28.6 Å². The fourth-order valence-corrected chi connectivity index (χ4v) is 6.85. The van der Waals surface area contributed by atoms with Gasteiger partial charge in [0.2, 0.25) is 0 Å².